The first-order valence-corrected chi connectivity index (χ1v) is 6.82. The monoisotopic (exact) mass is 252 g/mol. The normalized spacial score (nSPS) is 16.2. The average molecular weight is 253 g/mol. The van der Waals surface area contributed by atoms with Crippen LogP contribution in [0.15, 0.2) is 18.2 Å². The molecule has 17 heavy (non-hydrogen) atoms. The van der Waals surface area contributed by atoms with E-state index in [0.29, 0.717) is 0 Å². The molecule has 0 spiro atoms. The minimum Gasteiger partial charge on any atom is -0.399 e. The molecule has 1 aromatic carbocycles. The number of anilines is 1. The van der Waals surface area contributed by atoms with Crippen LogP contribution in [0.2, 0.25) is 5.02 Å². The molecule has 0 aromatic heterocycles. The van der Waals surface area contributed by atoms with E-state index in [9.17, 15) is 0 Å². The van der Waals surface area contributed by atoms with E-state index >= 15 is 0 Å². The largest absolute Gasteiger partial charge is 0.399 e. The molecule has 1 saturated carbocycles. The van der Waals surface area contributed by atoms with E-state index in [2.05, 4.69) is 11.8 Å². The molecule has 1 aliphatic rings. The maximum absolute atomic E-state index is 6.02. The highest BCUT2D eigenvalue weighted by molar-refractivity contribution is 6.30. The van der Waals surface area contributed by atoms with Crippen molar-refractivity contribution in [3.05, 3.63) is 28.8 Å². The summed E-state index contributed by atoms with van der Waals surface area (Å²) in [6.45, 7) is 5.47. The quantitative estimate of drug-likeness (QED) is 0.813. The minimum absolute atomic E-state index is 0.736. The Bertz CT molecular complexity index is 354. The van der Waals surface area contributed by atoms with Crippen molar-refractivity contribution in [2.24, 2.45) is 5.92 Å². The highest BCUT2D eigenvalue weighted by Gasteiger charge is 2.20. The Morgan fingerprint density at radius 3 is 2.65 bits per heavy atom. The summed E-state index contributed by atoms with van der Waals surface area (Å²) < 4.78 is 0. The second kappa shape index (κ2) is 5.74. The van der Waals surface area contributed by atoms with Crippen molar-refractivity contribution < 1.29 is 0 Å². The van der Waals surface area contributed by atoms with Gasteiger partial charge >= 0.3 is 0 Å². The van der Waals surface area contributed by atoms with E-state index in [1.807, 2.05) is 12.1 Å². The number of hydrogen-bond acceptors (Lipinski definition) is 2. The molecular weight excluding hydrogens is 232 g/mol. The number of nitrogen functional groups attached to an aromatic ring is 1. The van der Waals surface area contributed by atoms with E-state index in [4.69, 9.17) is 17.3 Å². The average Bonchev–Trinajstić information content (AvgIpc) is 2.20. The molecule has 0 heterocycles. The van der Waals surface area contributed by atoms with Gasteiger partial charge < -0.3 is 5.73 Å². The van der Waals surface area contributed by atoms with Crippen molar-refractivity contribution in [1.82, 2.24) is 4.90 Å². The van der Waals surface area contributed by atoms with Gasteiger partial charge in [-0.15, -0.1) is 0 Å². The lowest BCUT2D eigenvalue weighted by atomic mass is 9.85. The zero-order valence-corrected chi connectivity index (χ0v) is 11.2. The number of halogens is 1. The summed E-state index contributed by atoms with van der Waals surface area (Å²) in [5.74, 6) is 0.909. The van der Waals surface area contributed by atoms with Crippen molar-refractivity contribution in [3.63, 3.8) is 0 Å². The highest BCUT2D eigenvalue weighted by Crippen LogP contribution is 2.27. The van der Waals surface area contributed by atoms with Crippen molar-refractivity contribution in [1.29, 1.82) is 0 Å². The third-order valence-corrected chi connectivity index (χ3v) is 3.79. The van der Waals surface area contributed by atoms with E-state index < -0.39 is 0 Å². The maximum atomic E-state index is 6.02. The van der Waals surface area contributed by atoms with Gasteiger partial charge in [-0.05, 0) is 49.1 Å². The molecule has 0 radical (unpaired) electrons. The van der Waals surface area contributed by atoms with Gasteiger partial charge in [0, 0.05) is 23.8 Å². The van der Waals surface area contributed by atoms with Gasteiger partial charge in [-0.25, -0.2) is 0 Å². The lowest BCUT2D eigenvalue weighted by Gasteiger charge is -2.31. The van der Waals surface area contributed by atoms with Crippen LogP contribution in [0.4, 0.5) is 5.69 Å². The third-order valence-electron chi connectivity index (χ3n) is 3.57. The van der Waals surface area contributed by atoms with Crippen molar-refractivity contribution >= 4 is 17.3 Å². The first kappa shape index (κ1) is 12.7. The van der Waals surface area contributed by atoms with Gasteiger partial charge in [0.2, 0.25) is 0 Å². The standard InChI is InChI=1S/C14H21ClN2/c1-2-17(9-11-4-3-5-11)10-12-6-13(15)8-14(16)7-12/h6-8,11H,2-5,9-10,16H2,1H3. The summed E-state index contributed by atoms with van der Waals surface area (Å²) >= 11 is 6.02. The van der Waals surface area contributed by atoms with Crippen LogP contribution in [0.1, 0.15) is 31.7 Å². The Kier molecular flexibility index (Phi) is 4.30. The van der Waals surface area contributed by atoms with Gasteiger partial charge in [0.05, 0.1) is 0 Å². The van der Waals surface area contributed by atoms with E-state index in [1.165, 1.54) is 31.4 Å². The lowest BCUT2D eigenvalue weighted by Crippen LogP contribution is -2.32. The minimum atomic E-state index is 0.736. The Hall–Kier alpha value is -0.730. The van der Waals surface area contributed by atoms with Crippen LogP contribution in [0.5, 0.6) is 0 Å². The lowest BCUT2D eigenvalue weighted by molar-refractivity contribution is 0.178. The molecule has 0 bridgehead atoms. The SMILES string of the molecule is CCN(Cc1cc(N)cc(Cl)c1)CC1CCC1. The summed E-state index contributed by atoms with van der Waals surface area (Å²) in [5, 5.41) is 0.736. The zero-order chi connectivity index (χ0) is 12.3. The van der Waals surface area contributed by atoms with Gasteiger partial charge in [0.25, 0.3) is 0 Å². The van der Waals surface area contributed by atoms with Gasteiger partial charge in [-0.3, -0.25) is 4.90 Å². The van der Waals surface area contributed by atoms with E-state index in [-0.39, 0.29) is 0 Å². The van der Waals surface area contributed by atoms with Gasteiger partial charge in [0.1, 0.15) is 0 Å². The molecule has 0 amide bonds. The molecule has 0 unspecified atom stereocenters. The summed E-state index contributed by atoms with van der Waals surface area (Å²) in [6.07, 6.45) is 4.20. The van der Waals surface area contributed by atoms with Crippen molar-refractivity contribution in [2.75, 3.05) is 18.8 Å². The van der Waals surface area contributed by atoms with Crippen LogP contribution in [-0.4, -0.2) is 18.0 Å². The molecule has 1 aliphatic carbocycles. The second-order valence-corrected chi connectivity index (χ2v) is 5.45. The Morgan fingerprint density at radius 1 is 1.35 bits per heavy atom. The van der Waals surface area contributed by atoms with Crippen LogP contribution < -0.4 is 5.73 Å². The van der Waals surface area contributed by atoms with Crippen LogP contribution in [-0.2, 0) is 6.54 Å². The fourth-order valence-electron chi connectivity index (χ4n) is 2.37. The Labute approximate surface area is 109 Å². The molecule has 2 N–H and O–H groups in total. The number of benzene rings is 1. The highest BCUT2D eigenvalue weighted by atomic mass is 35.5. The predicted octanol–water partition coefficient (Wildman–Crippen LogP) is 3.54. The molecule has 0 atom stereocenters. The number of hydrogen-bond donors (Lipinski definition) is 1. The van der Waals surface area contributed by atoms with Crippen molar-refractivity contribution in [3.8, 4) is 0 Å². The van der Waals surface area contributed by atoms with Crippen LogP contribution in [0, 0.1) is 5.92 Å². The van der Waals surface area contributed by atoms with E-state index in [0.717, 1.165) is 29.7 Å². The molecular formula is C14H21ClN2. The maximum Gasteiger partial charge on any atom is 0.0429 e. The summed E-state index contributed by atoms with van der Waals surface area (Å²) in [7, 11) is 0. The number of nitrogens with zero attached hydrogens (tertiary/aromatic N) is 1. The zero-order valence-electron chi connectivity index (χ0n) is 10.5. The molecule has 2 rings (SSSR count). The number of rotatable bonds is 5. The van der Waals surface area contributed by atoms with E-state index in [1.54, 1.807) is 6.07 Å². The summed E-state index contributed by atoms with van der Waals surface area (Å²) in [6, 6.07) is 5.84. The number of nitrogens with two attached hydrogens (primary N) is 1. The molecule has 0 aliphatic heterocycles. The first-order valence-electron chi connectivity index (χ1n) is 6.44. The van der Waals surface area contributed by atoms with Crippen LogP contribution >= 0.6 is 11.6 Å². The fraction of sp³-hybridized carbons (Fsp3) is 0.571. The molecule has 1 aromatic rings. The van der Waals surface area contributed by atoms with Gasteiger partial charge in [-0.2, -0.15) is 0 Å². The Morgan fingerprint density at radius 2 is 2.12 bits per heavy atom. The van der Waals surface area contributed by atoms with Gasteiger partial charge in [0.15, 0.2) is 0 Å². The smallest absolute Gasteiger partial charge is 0.0429 e. The van der Waals surface area contributed by atoms with Crippen LogP contribution in [0.3, 0.4) is 0 Å². The fourth-order valence-corrected chi connectivity index (χ4v) is 2.64. The first-order chi connectivity index (χ1) is 8.17. The van der Waals surface area contributed by atoms with Crippen molar-refractivity contribution in [2.45, 2.75) is 32.7 Å². The third kappa shape index (κ3) is 3.62. The van der Waals surface area contributed by atoms with Gasteiger partial charge in [-0.1, -0.05) is 24.9 Å². The molecule has 0 saturated heterocycles. The molecule has 94 valence electrons. The molecule has 1 fully saturated rings. The van der Waals surface area contributed by atoms with Crippen LogP contribution in [0.25, 0.3) is 0 Å². The Balaban J connectivity index is 1.96. The summed E-state index contributed by atoms with van der Waals surface area (Å²) in [4.78, 5) is 2.48. The topological polar surface area (TPSA) is 29.3 Å². The summed E-state index contributed by atoms with van der Waals surface area (Å²) in [5.41, 5.74) is 7.79. The second-order valence-electron chi connectivity index (χ2n) is 5.02. The molecule has 3 heteroatoms. The molecule has 2 nitrogen and oxygen atoms in total. The predicted molar refractivity (Wildman–Crippen MR) is 74.2 cm³/mol.